The molecule has 2 N–H and O–H groups in total. The summed E-state index contributed by atoms with van der Waals surface area (Å²) in [6.07, 6.45) is -0.437. The van der Waals surface area contributed by atoms with Crippen LogP contribution < -0.4 is 0 Å². The van der Waals surface area contributed by atoms with Crippen molar-refractivity contribution >= 4 is 11.8 Å². The first-order valence-corrected chi connectivity index (χ1v) is 7.10. The van der Waals surface area contributed by atoms with Crippen molar-refractivity contribution in [3.63, 3.8) is 0 Å². The minimum absolute atomic E-state index is 0.0490. The fourth-order valence-electron chi connectivity index (χ4n) is 2.60. The second-order valence-electron chi connectivity index (χ2n) is 5.55. The van der Waals surface area contributed by atoms with Crippen LogP contribution in [-0.2, 0) is 16.0 Å². The lowest BCUT2D eigenvalue weighted by molar-refractivity contribution is -0.132. The largest absolute Gasteiger partial charge is 0.389 e. The Bertz CT molecular complexity index is 521. The Hall–Kier alpha value is -1.89. The lowest BCUT2D eigenvalue weighted by Gasteiger charge is -2.21. The van der Waals surface area contributed by atoms with Gasteiger partial charge in [0.15, 0.2) is 0 Å². The Morgan fingerprint density at radius 2 is 1.90 bits per heavy atom. The van der Waals surface area contributed by atoms with Crippen LogP contribution in [-0.4, -0.2) is 69.2 Å². The Kier molecular flexibility index (Phi) is 4.62. The molecule has 2 amide bonds. The van der Waals surface area contributed by atoms with Crippen LogP contribution >= 0.6 is 0 Å². The van der Waals surface area contributed by atoms with E-state index in [0.717, 1.165) is 17.0 Å². The van der Waals surface area contributed by atoms with Crippen LogP contribution in [0.1, 0.15) is 23.9 Å². The number of amides is 2. The van der Waals surface area contributed by atoms with Gasteiger partial charge in [0.05, 0.1) is 18.2 Å². The highest BCUT2D eigenvalue weighted by Crippen LogP contribution is 2.13. The van der Waals surface area contributed by atoms with E-state index in [4.69, 9.17) is 0 Å². The maximum atomic E-state index is 12.4. The number of aromatic amines is 1. The second kappa shape index (κ2) is 6.26. The van der Waals surface area contributed by atoms with Crippen molar-refractivity contribution in [2.75, 3.05) is 26.2 Å². The van der Waals surface area contributed by atoms with Crippen LogP contribution in [0.2, 0.25) is 0 Å². The standard InChI is InChI=1S/C14H22N4O3/c1-9-13(10(2)16-15-9)6-14(21)18-5-4-17(11(3)19)7-12(20)8-18/h12,20H,4-8H2,1-3H3,(H,15,16). The zero-order valence-electron chi connectivity index (χ0n) is 12.7. The van der Waals surface area contributed by atoms with Crippen LogP contribution in [0.15, 0.2) is 0 Å². The Labute approximate surface area is 123 Å². The molecule has 1 saturated heterocycles. The van der Waals surface area contributed by atoms with Crippen LogP contribution in [0.3, 0.4) is 0 Å². The zero-order valence-corrected chi connectivity index (χ0v) is 12.7. The number of nitrogens with one attached hydrogen (secondary N) is 1. The third kappa shape index (κ3) is 3.60. The average molecular weight is 294 g/mol. The van der Waals surface area contributed by atoms with Crippen molar-refractivity contribution in [1.29, 1.82) is 0 Å². The summed E-state index contributed by atoms with van der Waals surface area (Å²) in [4.78, 5) is 27.0. The number of carbonyl (C=O) groups excluding carboxylic acids is 2. The van der Waals surface area contributed by atoms with Gasteiger partial charge in [-0.05, 0) is 13.8 Å². The number of hydrogen-bond acceptors (Lipinski definition) is 4. The number of aryl methyl sites for hydroxylation is 2. The van der Waals surface area contributed by atoms with Crippen molar-refractivity contribution < 1.29 is 14.7 Å². The number of aliphatic hydroxyl groups excluding tert-OH is 1. The molecule has 2 rings (SSSR count). The molecule has 1 unspecified atom stereocenters. The summed E-state index contributed by atoms with van der Waals surface area (Å²) in [6.45, 7) is 6.68. The third-order valence-electron chi connectivity index (χ3n) is 3.91. The molecule has 0 aliphatic carbocycles. The molecule has 7 heteroatoms. The fraction of sp³-hybridized carbons (Fsp3) is 0.643. The molecule has 1 aliphatic rings. The molecule has 1 aromatic heterocycles. The van der Waals surface area contributed by atoms with E-state index in [-0.39, 0.29) is 31.3 Å². The molecule has 0 aromatic carbocycles. The van der Waals surface area contributed by atoms with Gasteiger partial charge in [0.1, 0.15) is 0 Å². The average Bonchev–Trinajstić information content (AvgIpc) is 2.64. The predicted molar refractivity (Wildman–Crippen MR) is 76.6 cm³/mol. The van der Waals surface area contributed by atoms with Crippen molar-refractivity contribution in [1.82, 2.24) is 20.0 Å². The molecule has 1 aliphatic heterocycles. The molecule has 116 valence electrons. The van der Waals surface area contributed by atoms with E-state index < -0.39 is 6.10 Å². The number of aliphatic hydroxyl groups is 1. The van der Waals surface area contributed by atoms with E-state index in [0.29, 0.717) is 13.1 Å². The van der Waals surface area contributed by atoms with Gasteiger partial charge in [-0.2, -0.15) is 5.10 Å². The smallest absolute Gasteiger partial charge is 0.227 e. The summed E-state index contributed by atoms with van der Waals surface area (Å²) < 4.78 is 0. The van der Waals surface area contributed by atoms with Gasteiger partial charge in [0.25, 0.3) is 0 Å². The summed E-state index contributed by atoms with van der Waals surface area (Å²) in [5.74, 6) is -0.128. The SMILES string of the molecule is CC(=O)N1CCN(C(=O)Cc2c(C)n[nH]c2C)CC(O)C1. The topological polar surface area (TPSA) is 89.5 Å². The maximum absolute atomic E-state index is 12.4. The monoisotopic (exact) mass is 294 g/mol. The van der Waals surface area contributed by atoms with Crippen LogP contribution in [0, 0.1) is 13.8 Å². The highest BCUT2D eigenvalue weighted by atomic mass is 16.3. The third-order valence-corrected chi connectivity index (χ3v) is 3.91. The first-order chi connectivity index (χ1) is 9.88. The number of H-pyrrole nitrogens is 1. The molecule has 1 atom stereocenters. The van der Waals surface area contributed by atoms with Crippen LogP contribution in [0.4, 0.5) is 0 Å². The molecule has 1 aromatic rings. The van der Waals surface area contributed by atoms with Crippen LogP contribution in [0.5, 0.6) is 0 Å². The molecule has 0 bridgehead atoms. The fourth-order valence-corrected chi connectivity index (χ4v) is 2.60. The molecule has 21 heavy (non-hydrogen) atoms. The van der Waals surface area contributed by atoms with E-state index in [1.165, 1.54) is 6.92 Å². The quantitative estimate of drug-likeness (QED) is 0.778. The van der Waals surface area contributed by atoms with Crippen LogP contribution in [0.25, 0.3) is 0 Å². The normalized spacial score (nSPS) is 19.5. The summed E-state index contributed by atoms with van der Waals surface area (Å²) in [5, 5.41) is 16.9. The Morgan fingerprint density at radius 3 is 2.48 bits per heavy atom. The number of rotatable bonds is 2. The Balaban J connectivity index is 2.04. The van der Waals surface area contributed by atoms with Crippen molar-refractivity contribution in [2.45, 2.75) is 33.3 Å². The molecule has 7 nitrogen and oxygen atoms in total. The highest BCUT2D eigenvalue weighted by molar-refractivity contribution is 5.79. The number of nitrogens with zero attached hydrogens (tertiary/aromatic N) is 3. The number of β-amino-alcohol motifs (C(OH)–C–C–N with tert-alkyl or cyclic N) is 1. The summed E-state index contributed by atoms with van der Waals surface area (Å²) in [6, 6.07) is 0. The molecule has 2 heterocycles. The number of aromatic nitrogens is 2. The zero-order chi connectivity index (χ0) is 15.6. The molecular weight excluding hydrogens is 272 g/mol. The van der Waals surface area contributed by atoms with Gasteiger partial charge in [-0.15, -0.1) is 0 Å². The first kappa shape index (κ1) is 15.5. The van der Waals surface area contributed by atoms with Gasteiger partial charge in [-0.25, -0.2) is 0 Å². The summed E-state index contributed by atoms with van der Waals surface area (Å²) in [7, 11) is 0. The number of carbonyl (C=O) groups is 2. The van der Waals surface area contributed by atoms with Crippen molar-refractivity contribution in [2.24, 2.45) is 0 Å². The van der Waals surface area contributed by atoms with Gasteiger partial charge in [-0.3, -0.25) is 14.7 Å². The van der Waals surface area contributed by atoms with Gasteiger partial charge in [0.2, 0.25) is 11.8 Å². The maximum Gasteiger partial charge on any atom is 0.227 e. The molecule has 0 saturated carbocycles. The van der Waals surface area contributed by atoms with E-state index >= 15 is 0 Å². The minimum atomic E-state index is -0.702. The van der Waals surface area contributed by atoms with E-state index in [1.807, 2.05) is 13.8 Å². The van der Waals surface area contributed by atoms with Crippen molar-refractivity contribution in [3.05, 3.63) is 17.0 Å². The summed E-state index contributed by atoms with van der Waals surface area (Å²) >= 11 is 0. The van der Waals surface area contributed by atoms with E-state index in [2.05, 4.69) is 10.2 Å². The molecule has 0 radical (unpaired) electrons. The van der Waals surface area contributed by atoms with Gasteiger partial charge in [0, 0.05) is 44.4 Å². The minimum Gasteiger partial charge on any atom is -0.389 e. The predicted octanol–water partition coefficient (Wildman–Crippen LogP) is -0.379. The van der Waals surface area contributed by atoms with E-state index in [1.54, 1.807) is 9.80 Å². The summed E-state index contributed by atoms with van der Waals surface area (Å²) in [5.41, 5.74) is 2.62. The first-order valence-electron chi connectivity index (χ1n) is 7.10. The molecule has 0 spiro atoms. The number of hydrogen-bond donors (Lipinski definition) is 2. The molecular formula is C14H22N4O3. The van der Waals surface area contributed by atoms with Gasteiger partial charge < -0.3 is 14.9 Å². The van der Waals surface area contributed by atoms with Gasteiger partial charge >= 0.3 is 0 Å². The van der Waals surface area contributed by atoms with Crippen molar-refractivity contribution in [3.8, 4) is 0 Å². The lowest BCUT2D eigenvalue weighted by atomic mass is 10.1. The lowest BCUT2D eigenvalue weighted by Crippen LogP contribution is -2.38. The van der Waals surface area contributed by atoms with E-state index in [9.17, 15) is 14.7 Å². The van der Waals surface area contributed by atoms with Gasteiger partial charge in [-0.1, -0.05) is 0 Å². The second-order valence-corrected chi connectivity index (χ2v) is 5.55. The molecule has 1 fully saturated rings. The highest BCUT2D eigenvalue weighted by Gasteiger charge is 2.26. The Morgan fingerprint density at radius 1 is 1.29 bits per heavy atom.